The molecule has 21 heavy (non-hydrogen) atoms. The lowest BCUT2D eigenvalue weighted by molar-refractivity contribution is 0.103. The molecule has 2 aromatic carbocycles. The fraction of sp³-hybridized carbons (Fsp3) is 0.316. The van der Waals surface area contributed by atoms with Crippen LogP contribution in [0.1, 0.15) is 54.2 Å². The maximum atomic E-state index is 12.6. The summed E-state index contributed by atoms with van der Waals surface area (Å²) in [5.74, 6) is -0.0236. The molecule has 0 saturated carbocycles. The molecule has 0 aliphatic carbocycles. The van der Waals surface area contributed by atoms with Gasteiger partial charge in [-0.15, -0.1) is 0 Å². The van der Waals surface area contributed by atoms with Crippen LogP contribution in [0.25, 0.3) is 0 Å². The van der Waals surface area contributed by atoms with Crippen LogP contribution in [0.15, 0.2) is 42.5 Å². The van der Waals surface area contributed by atoms with Gasteiger partial charge in [0.2, 0.25) is 0 Å². The van der Waals surface area contributed by atoms with Gasteiger partial charge in [-0.25, -0.2) is 0 Å². The molecule has 2 aromatic rings. The summed E-state index contributed by atoms with van der Waals surface area (Å²) in [6, 6.07) is 13.4. The highest BCUT2D eigenvalue weighted by Gasteiger charge is 2.19. The third kappa shape index (κ3) is 3.19. The number of rotatable bonds is 4. The van der Waals surface area contributed by atoms with Crippen LogP contribution in [0.3, 0.4) is 0 Å². The molecule has 0 heterocycles. The van der Waals surface area contributed by atoms with Crippen molar-refractivity contribution in [3.8, 4) is 0 Å². The smallest absolute Gasteiger partial charge is 0.194 e. The maximum Gasteiger partial charge on any atom is 0.194 e. The molecule has 0 aliphatic heterocycles. The summed E-state index contributed by atoms with van der Waals surface area (Å²) in [5.41, 5.74) is 3.54. The maximum absolute atomic E-state index is 12.6. The molecule has 0 amide bonds. The molecule has 110 valence electrons. The van der Waals surface area contributed by atoms with E-state index in [0.717, 1.165) is 12.0 Å². The average molecular weight is 301 g/mol. The topological polar surface area (TPSA) is 17.1 Å². The number of carbonyl (C=O) groups excluding carboxylic acids is 1. The third-order valence-corrected chi connectivity index (χ3v) is 4.75. The fourth-order valence-electron chi connectivity index (χ4n) is 2.26. The highest BCUT2D eigenvalue weighted by atomic mass is 35.5. The standard InChI is InChI=1S/C19H21ClO/c1-5-19(3,4)15-11-9-14(10-12-15)18(21)16-8-6-7-13(2)17(16)20/h6-12H,5H2,1-4H3. The van der Waals surface area contributed by atoms with Crippen LogP contribution in [-0.4, -0.2) is 5.78 Å². The second kappa shape index (κ2) is 6.03. The van der Waals surface area contributed by atoms with E-state index in [-0.39, 0.29) is 11.2 Å². The lowest BCUT2D eigenvalue weighted by Crippen LogP contribution is -2.15. The quantitative estimate of drug-likeness (QED) is 0.675. The monoisotopic (exact) mass is 300 g/mol. The second-order valence-electron chi connectivity index (χ2n) is 6.08. The first-order valence-corrected chi connectivity index (χ1v) is 7.65. The van der Waals surface area contributed by atoms with Crippen molar-refractivity contribution in [2.45, 2.75) is 39.5 Å². The van der Waals surface area contributed by atoms with Crippen LogP contribution >= 0.6 is 11.6 Å². The van der Waals surface area contributed by atoms with Crippen molar-refractivity contribution in [2.75, 3.05) is 0 Å². The number of aryl methyl sites for hydroxylation is 1. The summed E-state index contributed by atoms with van der Waals surface area (Å²) in [6.07, 6.45) is 1.06. The van der Waals surface area contributed by atoms with Crippen LogP contribution in [0.2, 0.25) is 5.02 Å². The van der Waals surface area contributed by atoms with E-state index in [4.69, 9.17) is 11.6 Å². The zero-order chi connectivity index (χ0) is 15.6. The van der Waals surface area contributed by atoms with Gasteiger partial charge in [0.25, 0.3) is 0 Å². The molecular weight excluding hydrogens is 280 g/mol. The Morgan fingerprint density at radius 1 is 1.10 bits per heavy atom. The Hall–Kier alpha value is -1.60. The molecule has 0 aliphatic rings. The van der Waals surface area contributed by atoms with Crippen molar-refractivity contribution in [1.29, 1.82) is 0 Å². The first kappa shape index (κ1) is 15.8. The van der Waals surface area contributed by atoms with Crippen molar-refractivity contribution in [3.63, 3.8) is 0 Å². The van der Waals surface area contributed by atoms with Crippen molar-refractivity contribution in [3.05, 3.63) is 69.7 Å². The number of hydrogen-bond donors (Lipinski definition) is 0. The minimum absolute atomic E-state index is 0.0236. The largest absolute Gasteiger partial charge is 0.289 e. The van der Waals surface area contributed by atoms with Crippen molar-refractivity contribution >= 4 is 17.4 Å². The Balaban J connectivity index is 2.35. The molecule has 0 N–H and O–H groups in total. The summed E-state index contributed by atoms with van der Waals surface area (Å²) >= 11 is 6.24. The molecule has 0 atom stereocenters. The summed E-state index contributed by atoms with van der Waals surface area (Å²) in [7, 11) is 0. The molecular formula is C19H21ClO. The SMILES string of the molecule is CCC(C)(C)c1ccc(C(=O)c2cccc(C)c2Cl)cc1. The van der Waals surface area contributed by atoms with E-state index in [2.05, 4.69) is 20.8 Å². The highest BCUT2D eigenvalue weighted by Crippen LogP contribution is 2.28. The first-order valence-electron chi connectivity index (χ1n) is 7.27. The van der Waals surface area contributed by atoms with E-state index < -0.39 is 0 Å². The molecule has 2 rings (SSSR count). The average Bonchev–Trinajstić information content (AvgIpc) is 2.49. The molecule has 0 saturated heterocycles. The summed E-state index contributed by atoms with van der Waals surface area (Å²) < 4.78 is 0. The number of benzene rings is 2. The molecule has 0 bridgehead atoms. The van der Waals surface area contributed by atoms with E-state index in [1.165, 1.54) is 5.56 Å². The highest BCUT2D eigenvalue weighted by molar-refractivity contribution is 6.35. The van der Waals surface area contributed by atoms with E-state index in [9.17, 15) is 4.79 Å². The predicted octanol–water partition coefficient (Wildman–Crippen LogP) is 5.57. The van der Waals surface area contributed by atoms with Gasteiger partial charge >= 0.3 is 0 Å². The molecule has 2 heteroatoms. The fourth-order valence-corrected chi connectivity index (χ4v) is 2.47. The third-order valence-electron chi connectivity index (χ3n) is 4.25. The van der Waals surface area contributed by atoms with Gasteiger partial charge in [-0.05, 0) is 36.0 Å². The zero-order valence-electron chi connectivity index (χ0n) is 13.0. The summed E-state index contributed by atoms with van der Waals surface area (Å²) in [4.78, 5) is 12.6. The van der Waals surface area contributed by atoms with Gasteiger partial charge in [-0.2, -0.15) is 0 Å². The minimum Gasteiger partial charge on any atom is -0.289 e. The molecule has 0 aromatic heterocycles. The Morgan fingerprint density at radius 3 is 2.29 bits per heavy atom. The van der Waals surface area contributed by atoms with Crippen LogP contribution < -0.4 is 0 Å². The van der Waals surface area contributed by atoms with Crippen molar-refractivity contribution in [1.82, 2.24) is 0 Å². The lowest BCUT2D eigenvalue weighted by atomic mass is 9.82. The van der Waals surface area contributed by atoms with Crippen LogP contribution in [0.5, 0.6) is 0 Å². The second-order valence-corrected chi connectivity index (χ2v) is 6.46. The van der Waals surface area contributed by atoms with Crippen LogP contribution in [-0.2, 0) is 5.41 Å². The van der Waals surface area contributed by atoms with Gasteiger partial charge in [0.15, 0.2) is 5.78 Å². The molecule has 0 fully saturated rings. The van der Waals surface area contributed by atoms with E-state index in [1.807, 2.05) is 43.3 Å². The van der Waals surface area contributed by atoms with E-state index >= 15 is 0 Å². The van der Waals surface area contributed by atoms with E-state index in [0.29, 0.717) is 16.1 Å². The Morgan fingerprint density at radius 2 is 1.71 bits per heavy atom. The molecule has 0 unspecified atom stereocenters. The Labute approximate surface area is 132 Å². The van der Waals surface area contributed by atoms with E-state index in [1.54, 1.807) is 6.07 Å². The number of halogens is 1. The van der Waals surface area contributed by atoms with Gasteiger partial charge in [0.1, 0.15) is 0 Å². The summed E-state index contributed by atoms with van der Waals surface area (Å²) in [6.45, 7) is 8.50. The van der Waals surface area contributed by atoms with Crippen LogP contribution in [0, 0.1) is 6.92 Å². The van der Waals surface area contributed by atoms with Gasteiger partial charge in [-0.1, -0.05) is 68.8 Å². The lowest BCUT2D eigenvalue weighted by Gasteiger charge is -2.23. The number of carbonyl (C=O) groups is 1. The minimum atomic E-state index is -0.0236. The first-order chi connectivity index (χ1) is 9.86. The molecule has 0 spiro atoms. The molecule has 0 radical (unpaired) electrons. The van der Waals surface area contributed by atoms with Gasteiger partial charge in [0, 0.05) is 11.1 Å². The normalized spacial score (nSPS) is 11.5. The Bertz CT molecular complexity index is 654. The van der Waals surface area contributed by atoms with Crippen LogP contribution in [0.4, 0.5) is 0 Å². The molecule has 1 nitrogen and oxygen atoms in total. The zero-order valence-corrected chi connectivity index (χ0v) is 13.8. The van der Waals surface area contributed by atoms with Gasteiger partial charge in [-0.3, -0.25) is 4.79 Å². The Kier molecular flexibility index (Phi) is 4.53. The summed E-state index contributed by atoms with van der Waals surface area (Å²) in [5, 5.41) is 0.542. The van der Waals surface area contributed by atoms with Gasteiger partial charge in [0.05, 0.1) is 5.02 Å². The van der Waals surface area contributed by atoms with Gasteiger partial charge < -0.3 is 0 Å². The van der Waals surface area contributed by atoms with Crippen molar-refractivity contribution < 1.29 is 4.79 Å². The number of hydrogen-bond acceptors (Lipinski definition) is 1. The van der Waals surface area contributed by atoms with Crippen molar-refractivity contribution in [2.24, 2.45) is 0 Å². The number of ketones is 1. The predicted molar refractivity (Wildman–Crippen MR) is 89.4 cm³/mol.